The Morgan fingerprint density at radius 2 is 1.64 bits per heavy atom. The van der Waals surface area contributed by atoms with Gasteiger partial charge in [0.15, 0.2) is 24.1 Å². The topological polar surface area (TPSA) is 55.8 Å². The van der Waals surface area contributed by atoms with E-state index in [-0.39, 0.29) is 23.5 Å². The summed E-state index contributed by atoms with van der Waals surface area (Å²) >= 11 is 1.77. The lowest BCUT2D eigenvalue weighted by molar-refractivity contribution is -0.885. The summed E-state index contributed by atoms with van der Waals surface area (Å²) in [5.74, 6) is 0.930. The zero-order valence-electron chi connectivity index (χ0n) is 16.7. The molecule has 0 saturated heterocycles. The number of aliphatic carboxylic acids is 1. The molecule has 2 rings (SSSR count). The maximum atomic E-state index is 11.1. The minimum absolute atomic E-state index is 0.00686. The first-order valence-corrected chi connectivity index (χ1v) is 9.53. The fourth-order valence-electron chi connectivity index (χ4n) is 3.08. The fourth-order valence-corrected chi connectivity index (χ4v) is 4.37. The number of thiophene rings is 1. The van der Waals surface area contributed by atoms with Crippen LogP contribution in [-0.2, 0) is 15.6 Å². The molecule has 0 bridgehead atoms. The first-order valence-electron chi connectivity index (χ1n) is 8.72. The second-order valence-corrected chi connectivity index (χ2v) is 10.7. The SMILES string of the molecule is CC(C)(C)c1sc(C(C)(C)C)c2c1OCC(C[N+](C)(C)CC(=O)O)O2. The predicted molar refractivity (Wildman–Crippen MR) is 101 cm³/mol. The third kappa shape index (κ3) is 4.67. The van der Waals surface area contributed by atoms with E-state index in [4.69, 9.17) is 14.6 Å². The maximum Gasteiger partial charge on any atom is 0.359 e. The Labute approximate surface area is 155 Å². The molecule has 5 nitrogen and oxygen atoms in total. The normalized spacial score (nSPS) is 18.3. The first-order chi connectivity index (χ1) is 11.2. The van der Waals surface area contributed by atoms with E-state index in [2.05, 4.69) is 41.5 Å². The van der Waals surface area contributed by atoms with Crippen LogP contribution in [0.15, 0.2) is 0 Å². The molecule has 2 heterocycles. The lowest BCUT2D eigenvalue weighted by Crippen LogP contribution is -2.52. The smallest absolute Gasteiger partial charge is 0.359 e. The molecule has 1 N–H and O–H groups in total. The minimum atomic E-state index is -0.802. The first kappa shape index (κ1) is 20.0. The van der Waals surface area contributed by atoms with Gasteiger partial charge in [-0.05, 0) is 0 Å². The van der Waals surface area contributed by atoms with Crippen molar-refractivity contribution in [1.82, 2.24) is 0 Å². The van der Waals surface area contributed by atoms with Gasteiger partial charge in [0.2, 0.25) is 0 Å². The number of carbonyl (C=O) groups is 1. The number of carboxylic acid groups (broad SMARTS) is 1. The average Bonchev–Trinajstić information content (AvgIpc) is 2.74. The summed E-state index contributed by atoms with van der Waals surface area (Å²) in [4.78, 5) is 13.5. The average molecular weight is 371 g/mol. The molecule has 1 atom stereocenters. The molecule has 1 aromatic heterocycles. The van der Waals surface area contributed by atoms with Crippen molar-refractivity contribution in [1.29, 1.82) is 0 Å². The Hall–Kier alpha value is -1.27. The van der Waals surface area contributed by atoms with Crippen molar-refractivity contribution in [2.45, 2.75) is 58.5 Å². The number of quaternary nitrogens is 1. The summed E-state index contributed by atoms with van der Waals surface area (Å²) in [6.07, 6.45) is -0.148. The minimum Gasteiger partial charge on any atom is -0.484 e. The molecule has 0 fully saturated rings. The number of hydrogen-bond acceptors (Lipinski definition) is 4. The molecule has 1 aromatic rings. The van der Waals surface area contributed by atoms with Crippen LogP contribution in [0.1, 0.15) is 51.3 Å². The summed E-state index contributed by atoms with van der Waals surface area (Å²) in [5.41, 5.74) is -0.0397. The zero-order valence-corrected chi connectivity index (χ0v) is 17.5. The number of ether oxygens (including phenoxy) is 2. The molecular weight excluding hydrogens is 338 g/mol. The van der Waals surface area contributed by atoms with Crippen molar-refractivity contribution in [3.05, 3.63) is 9.75 Å². The van der Waals surface area contributed by atoms with Crippen LogP contribution in [0.3, 0.4) is 0 Å². The molecule has 25 heavy (non-hydrogen) atoms. The number of likely N-dealkylation sites (N-methyl/N-ethyl adjacent to an activating group) is 1. The van der Waals surface area contributed by atoms with E-state index in [0.717, 1.165) is 11.5 Å². The Bertz CT molecular complexity index is 650. The van der Waals surface area contributed by atoms with E-state index in [1.165, 1.54) is 9.75 Å². The van der Waals surface area contributed by atoms with Gasteiger partial charge in [-0.25, -0.2) is 4.79 Å². The molecule has 0 radical (unpaired) electrons. The number of fused-ring (bicyclic) bond motifs is 1. The van der Waals surface area contributed by atoms with E-state index in [9.17, 15) is 4.79 Å². The third-order valence-corrected chi connectivity index (χ3v) is 6.15. The molecule has 0 aromatic carbocycles. The van der Waals surface area contributed by atoms with Crippen LogP contribution < -0.4 is 9.47 Å². The van der Waals surface area contributed by atoms with Gasteiger partial charge in [0.05, 0.1) is 23.8 Å². The van der Waals surface area contributed by atoms with E-state index < -0.39 is 5.97 Å². The molecule has 1 aliphatic heterocycles. The van der Waals surface area contributed by atoms with Gasteiger partial charge >= 0.3 is 5.97 Å². The highest BCUT2D eigenvalue weighted by atomic mass is 32.1. The van der Waals surface area contributed by atoms with Gasteiger partial charge in [0.25, 0.3) is 0 Å². The number of rotatable bonds is 4. The Kier molecular flexibility index (Phi) is 5.19. The van der Waals surface area contributed by atoms with Crippen LogP contribution in [0.25, 0.3) is 0 Å². The third-order valence-electron chi connectivity index (χ3n) is 4.14. The van der Waals surface area contributed by atoms with E-state index in [0.29, 0.717) is 17.6 Å². The summed E-state index contributed by atoms with van der Waals surface area (Å²) in [6, 6.07) is 0. The van der Waals surface area contributed by atoms with Crippen molar-refractivity contribution >= 4 is 17.3 Å². The quantitative estimate of drug-likeness (QED) is 0.822. The van der Waals surface area contributed by atoms with Gasteiger partial charge in [0.1, 0.15) is 13.2 Å². The summed E-state index contributed by atoms with van der Waals surface area (Å²) < 4.78 is 12.9. The highest BCUT2D eigenvalue weighted by Crippen LogP contribution is 2.53. The van der Waals surface area contributed by atoms with Gasteiger partial charge in [-0.2, -0.15) is 0 Å². The van der Waals surface area contributed by atoms with E-state index in [1.807, 2.05) is 14.1 Å². The van der Waals surface area contributed by atoms with Crippen LogP contribution in [0.5, 0.6) is 11.5 Å². The highest BCUT2D eigenvalue weighted by molar-refractivity contribution is 7.13. The van der Waals surface area contributed by atoms with Crippen LogP contribution in [0.4, 0.5) is 0 Å². The molecule has 142 valence electrons. The standard InChI is InChI=1S/C19H31NO4S/c1-18(2,3)16-14-15(17(25-16)19(4,5)6)24-12(11-23-14)9-20(7,8)10-13(21)22/h12H,9-11H2,1-8H3/p+1. The molecule has 0 saturated carbocycles. The number of hydrogen-bond donors (Lipinski definition) is 1. The van der Waals surface area contributed by atoms with Crippen LogP contribution in [-0.4, -0.2) is 55.5 Å². The monoisotopic (exact) mass is 370 g/mol. The largest absolute Gasteiger partial charge is 0.484 e. The lowest BCUT2D eigenvalue weighted by atomic mass is 9.91. The van der Waals surface area contributed by atoms with Crippen molar-refractivity contribution in [3.63, 3.8) is 0 Å². The van der Waals surface area contributed by atoms with Gasteiger partial charge < -0.3 is 19.1 Å². The molecular formula is C19H32NO4S+. The van der Waals surface area contributed by atoms with Crippen molar-refractivity contribution < 1.29 is 23.9 Å². The number of carboxylic acids is 1. The number of nitrogens with zero attached hydrogens (tertiary/aromatic N) is 1. The highest BCUT2D eigenvalue weighted by Gasteiger charge is 2.38. The molecule has 1 unspecified atom stereocenters. The van der Waals surface area contributed by atoms with Gasteiger partial charge in [-0.1, -0.05) is 41.5 Å². The van der Waals surface area contributed by atoms with Crippen LogP contribution in [0.2, 0.25) is 0 Å². The second kappa shape index (κ2) is 6.47. The molecule has 0 amide bonds. The Balaban J connectivity index is 2.33. The summed E-state index contributed by atoms with van der Waals surface area (Å²) in [5, 5.41) is 9.09. The Morgan fingerprint density at radius 3 is 2.12 bits per heavy atom. The van der Waals surface area contributed by atoms with E-state index >= 15 is 0 Å². The van der Waals surface area contributed by atoms with Crippen LogP contribution >= 0.6 is 11.3 Å². The maximum absolute atomic E-state index is 11.1. The van der Waals surface area contributed by atoms with Gasteiger partial charge in [-0.15, -0.1) is 11.3 Å². The van der Waals surface area contributed by atoms with Crippen molar-refractivity contribution in [2.75, 3.05) is 33.8 Å². The fraction of sp³-hybridized carbons (Fsp3) is 0.737. The molecule has 0 spiro atoms. The lowest BCUT2D eigenvalue weighted by Gasteiger charge is -2.35. The molecule has 6 heteroatoms. The van der Waals surface area contributed by atoms with Crippen LogP contribution in [0, 0.1) is 0 Å². The summed E-state index contributed by atoms with van der Waals surface area (Å²) in [6.45, 7) is 14.2. The zero-order chi connectivity index (χ0) is 19.2. The van der Waals surface area contributed by atoms with E-state index in [1.54, 1.807) is 11.3 Å². The van der Waals surface area contributed by atoms with Gasteiger partial charge in [-0.3, -0.25) is 0 Å². The van der Waals surface area contributed by atoms with Crippen molar-refractivity contribution in [2.24, 2.45) is 0 Å². The Morgan fingerprint density at radius 1 is 1.12 bits per heavy atom. The molecule has 1 aliphatic rings. The van der Waals surface area contributed by atoms with Crippen molar-refractivity contribution in [3.8, 4) is 11.5 Å². The molecule has 0 aliphatic carbocycles. The van der Waals surface area contributed by atoms with Gasteiger partial charge in [0, 0.05) is 10.8 Å². The summed E-state index contributed by atoms with van der Waals surface area (Å²) in [7, 11) is 3.82. The second-order valence-electron chi connectivity index (χ2n) is 9.64. The predicted octanol–water partition coefficient (Wildman–Crippen LogP) is 3.64.